The molecule has 0 aromatic rings. The molecule has 0 saturated heterocycles. The fourth-order valence-electron chi connectivity index (χ4n) is 0.950. The number of aliphatic hydroxyl groups is 1. The molecule has 0 aliphatic heterocycles. The summed E-state index contributed by atoms with van der Waals surface area (Å²) >= 11 is 0. The second kappa shape index (κ2) is 4.60. The van der Waals surface area contributed by atoms with Crippen molar-refractivity contribution in [2.75, 3.05) is 0 Å². The van der Waals surface area contributed by atoms with Crippen LogP contribution in [0.25, 0.3) is 0 Å². The van der Waals surface area contributed by atoms with Crippen LogP contribution in [0.5, 0.6) is 0 Å². The van der Waals surface area contributed by atoms with Gasteiger partial charge in [0.05, 0.1) is 12.0 Å². The number of rotatable bonds is 3. The van der Waals surface area contributed by atoms with Gasteiger partial charge in [-0.1, -0.05) is 12.2 Å². The van der Waals surface area contributed by atoms with E-state index < -0.39 is 23.6 Å². The smallest absolute Gasteiger partial charge is 0.312 e. The molecule has 0 spiro atoms. The van der Waals surface area contributed by atoms with Crippen LogP contribution in [0.2, 0.25) is 0 Å². The molecule has 0 aromatic heterocycles. The first-order chi connectivity index (χ1) is 6.15. The molecule has 0 saturated carbocycles. The maximum absolute atomic E-state index is 11.5. The summed E-state index contributed by atoms with van der Waals surface area (Å²) in [7, 11) is 0. The zero-order valence-corrected chi connectivity index (χ0v) is 9.63. The van der Waals surface area contributed by atoms with Crippen molar-refractivity contribution in [3.8, 4) is 0 Å². The molecule has 0 rings (SSSR count). The highest BCUT2D eigenvalue weighted by Gasteiger charge is 2.27. The number of hydrogen-bond donors (Lipinski definition) is 1. The molecule has 3 nitrogen and oxygen atoms in total. The Hall–Kier alpha value is -0.830. The van der Waals surface area contributed by atoms with E-state index in [1.807, 2.05) is 0 Å². The molecule has 0 amide bonds. The molecule has 3 heteroatoms. The second-order valence-electron chi connectivity index (χ2n) is 4.61. The van der Waals surface area contributed by atoms with E-state index in [-0.39, 0.29) is 0 Å². The maximum atomic E-state index is 11.5. The molecule has 0 heterocycles. The molecular formula is C11H20O3. The van der Waals surface area contributed by atoms with Crippen LogP contribution in [0, 0.1) is 5.92 Å². The van der Waals surface area contributed by atoms with Gasteiger partial charge in [-0.15, -0.1) is 0 Å². The molecular weight excluding hydrogens is 180 g/mol. The summed E-state index contributed by atoms with van der Waals surface area (Å²) in [6.45, 7) is 12.3. The molecule has 0 aliphatic rings. The monoisotopic (exact) mass is 200 g/mol. The molecule has 0 aliphatic carbocycles. The van der Waals surface area contributed by atoms with Crippen LogP contribution in [-0.4, -0.2) is 22.8 Å². The Morgan fingerprint density at radius 3 is 2.14 bits per heavy atom. The average molecular weight is 200 g/mol. The van der Waals surface area contributed by atoms with Crippen LogP contribution in [0.15, 0.2) is 12.2 Å². The number of carbonyl (C=O) groups is 1. The van der Waals surface area contributed by atoms with Crippen molar-refractivity contribution in [2.24, 2.45) is 5.92 Å². The average Bonchev–Trinajstić information content (AvgIpc) is 1.98. The van der Waals surface area contributed by atoms with Gasteiger partial charge in [-0.05, 0) is 34.6 Å². The van der Waals surface area contributed by atoms with Gasteiger partial charge in [0.15, 0.2) is 0 Å². The van der Waals surface area contributed by atoms with Gasteiger partial charge in [-0.3, -0.25) is 4.79 Å². The Morgan fingerprint density at radius 2 is 1.86 bits per heavy atom. The number of ether oxygens (including phenoxy) is 1. The lowest BCUT2D eigenvalue weighted by Crippen LogP contribution is -2.33. The minimum Gasteiger partial charge on any atom is -0.460 e. The summed E-state index contributed by atoms with van der Waals surface area (Å²) in [5.74, 6) is -0.959. The van der Waals surface area contributed by atoms with E-state index in [4.69, 9.17) is 4.74 Å². The highest BCUT2D eigenvalue weighted by atomic mass is 16.6. The molecule has 2 atom stereocenters. The highest BCUT2D eigenvalue weighted by Crippen LogP contribution is 2.16. The van der Waals surface area contributed by atoms with Gasteiger partial charge in [0.25, 0.3) is 0 Å². The Balaban J connectivity index is 4.33. The molecule has 14 heavy (non-hydrogen) atoms. The third-order valence-corrected chi connectivity index (χ3v) is 1.76. The van der Waals surface area contributed by atoms with Gasteiger partial charge < -0.3 is 9.84 Å². The van der Waals surface area contributed by atoms with E-state index in [1.54, 1.807) is 34.6 Å². The SMILES string of the molecule is C=C(C)C(O)C(C)C(=O)OC(C)(C)C. The normalized spacial score (nSPS) is 15.9. The molecule has 0 aromatic carbocycles. The fraction of sp³-hybridized carbons (Fsp3) is 0.727. The first kappa shape index (κ1) is 13.2. The Labute approximate surface area is 85.8 Å². The molecule has 2 unspecified atom stereocenters. The van der Waals surface area contributed by atoms with Crippen molar-refractivity contribution in [2.45, 2.75) is 46.3 Å². The molecule has 0 fully saturated rings. The van der Waals surface area contributed by atoms with Crippen LogP contribution >= 0.6 is 0 Å². The molecule has 0 bridgehead atoms. The summed E-state index contributed by atoms with van der Waals surface area (Å²) in [6.07, 6.45) is -0.829. The first-order valence-corrected chi connectivity index (χ1v) is 4.71. The largest absolute Gasteiger partial charge is 0.460 e. The first-order valence-electron chi connectivity index (χ1n) is 4.71. The van der Waals surface area contributed by atoms with Crippen molar-refractivity contribution in [3.63, 3.8) is 0 Å². The summed E-state index contributed by atoms with van der Waals surface area (Å²) in [6, 6.07) is 0. The lowest BCUT2D eigenvalue weighted by molar-refractivity contribution is -0.162. The van der Waals surface area contributed by atoms with Gasteiger partial charge in [0.1, 0.15) is 5.60 Å². The van der Waals surface area contributed by atoms with Crippen molar-refractivity contribution < 1.29 is 14.6 Å². The number of esters is 1. The molecule has 0 radical (unpaired) electrons. The van der Waals surface area contributed by atoms with Crippen LogP contribution in [-0.2, 0) is 9.53 Å². The highest BCUT2D eigenvalue weighted by molar-refractivity contribution is 5.73. The van der Waals surface area contributed by atoms with Crippen LogP contribution in [0.4, 0.5) is 0 Å². The van der Waals surface area contributed by atoms with Crippen LogP contribution < -0.4 is 0 Å². The summed E-state index contributed by atoms with van der Waals surface area (Å²) < 4.78 is 5.13. The zero-order valence-electron chi connectivity index (χ0n) is 9.63. The van der Waals surface area contributed by atoms with E-state index in [2.05, 4.69) is 6.58 Å². The van der Waals surface area contributed by atoms with E-state index in [9.17, 15) is 9.90 Å². The van der Waals surface area contributed by atoms with E-state index >= 15 is 0 Å². The lowest BCUT2D eigenvalue weighted by Gasteiger charge is -2.24. The maximum Gasteiger partial charge on any atom is 0.312 e. The van der Waals surface area contributed by atoms with Gasteiger partial charge in [0.2, 0.25) is 0 Å². The van der Waals surface area contributed by atoms with E-state index in [0.29, 0.717) is 5.57 Å². The second-order valence-corrected chi connectivity index (χ2v) is 4.61. The predicted octanol–water partition coefficient (Wildman–Crippen LogP) is 1.90. The standard InChI is InChI=1S/C11H20O3/c1-7(2)9(12)8(3)10(13)14-11(4,5)6/h8-9,12H,1H2,2-6H3. The summed E-state index contributed by atoms with van der Waals surface area (Å²) in [5, 5.41) is 9.56. The van der Waals surface area contributed by atoms with Gasteiger partial charge in [-0.25, -0.2) is 0 Å². The predicted molar refractivity (Wildman–Crippen MR) is 55.8 cm³/mol. The molecule has 1 N–H and O–H groups in total. The topological polar surface area (TPSA) is 46.5 Å². The zero-order chi connectivity index (χ0) is 11.5. The van der Waals surface area contributed by atoms with Crippen molar-refractivity contribution in [3.05, 3.63) is 12.2 Å². The molecule has 82 valence electrons. The minimum atomic E-state index is -0.829. The number of aliphatic hydroxyl groups excluding tert-OH is 1. The van der Waals surface area contributed by atoms with E-state index in [1.165, 1.54) is 0 Å². The van der Waals surface area contributed by atoms with E-state index in [0.717, 1.165) is 0 Å². The van der Waals surface area contributed by atoms with Gasteiger partial charge in [0, 0.05) is 0 Å². The van der Waals surface area contributed by atoms with Crippen molar-refractivity contribution >= 4 is 5.97 Å². The van der Waals surface area contributed by atoms with Crippen LogP contribution in [0.1, 0.15) is 34.6 Å². The Morgan fingerprint density at radius 1 is 1.43 bits per heavy atom. The summed E-state index contributed by atoms with van der Waals surface area (Å²) in [5.41, 5.74) is 0.0588. The third-order valence-electron chi connectivity index (χ3n) is 1.76. The van der Waals surface area contributed by atoms with Gasteiger partial charge >= 0.3 is 5.97 Å². The third kappa shape index (κ3) is 4.42. The Bertz CT molecular complexity index is 225. The summed E-state index contributed by atoms with van der Waals surface area (Å²) in [4.78, 5) is 11.5. The quantitative estimate of drug-likeness (QED) is 0.559. The van der Waals surface area contributed by atoms with Crippen LogP contribution in [0.3, 0.4) is 0 Å². The number of hydrogen-bond acceptors (Lipinski definition) is 3. The number of carbonyl (C=O) groups excluding carboxylic acids is 1. The Kier molecular flexibility index (Phi) is 4.33. The minimum absolute atomic E-state index is 0.395. The van der Waals surface area contributed by atoms with Crippen molar-refractivity contribution in [1.29, 1.82) is 0 Å². The van der Waals surface area contributed by atoms with Gasteiger partial charge in [-0.2, -0.15) is 0 Å². The lowest BCUT2D eigenvalue weighted by atomic mass is 9.99. The van der Waals surface area contributed by atoms with Crippen molar-refractivity contribution in [1.82, 2.24) is 0 Å². The fourth-order valence-corrected chi connectivity index (χ4v) is 0.950.